The molecular formula is C14H25NO3. The van der Waals surface area contributed by atoms with Crippen LogP contribution in [0.5, 0.6) is 0 Å². The minimum atomic E-state index is -0.901. The Kier molecular flexibility index (Phi) is 5.63. The van der Waals surface area contributed by atoms with Crippen LogP contribution in [0.3, 0.4) is 0 Å². The van der Waals surface area contributed by atoms with Gasteiger partial charge in [-0.25, -0.2) is 0 Å². The first-order valence-electron chi connectivity index (χ1n) is 6.91. The van der Waals surface area contributed by atoms with Crippen LogP contribution in [0.15, 0.2) is 0 Å². The van der Waals surface area contributed by atoms with E-state index in [-0.39, 0.29) is 5.91 Å². The number of carboxylic acid groups (broad SMARTS) is 1. The van der Waals surface area contributed by atoms with Gasteiger partial charge in [0, 0.05) is 19.5 Å². The molecule has 0 saturated heterocycles. The van der Waals surface area contributed by atoms with Crippen LogP contribution in [-0.4, -0.2) is 35.5 Å². The molecule has 0 aromatic carbocycles. The van der Waals surface area contributed by atoms with Crippen molar-refractivity contribution >= 4 is 11.9 Å². The lowest BCUT2D eigenvalue weighted by Crippen LogP contribution is -2.39. The predicted octanol–water partition coefficient (Wildman–Crippen LogP) is 2.38. The van der Waals surface area contributed by atoms with E-state index >= 15 is 0 Å². The zero-order valence-corrected chi connectivity index (χ0v) is 11.7. The molecule has 0 heterocycles. The molecule has 4 heteroatoms. The zero-order valence-electron chi connectivity index (χ0n) is 11.7. The van der Waals surface area contributed by atoms with Crippen molar-refractivity contribution < 1.29 is 14.7 Å². The highest BCUT2D eigenvalue weighted by Crippen LogP contribution is 2.25. The second-order valence-electron chi connectivity index (χ2n) is 5.64. The highest BCUT2D eigenvalue weighted by atomic mass is 16.4. The molecule has 1 aliphatic carbocycles. The van der Waals surface area contributed by atoms with E-state index in [1.807, 2.05) is 0 Å². The van der Waals surface area contributed by atoms with Crippen LogP contribution in [0, 0.1) is 17.8 Å². The van der Waals surface area contributed by atoms with Crippen LogP contribution in [0.2, 0.25) is 0 Å². The van der Waals surface area contributed by atoms with E-state index in [9.17, 15) is 9.59 Å². The van der Waals surface area contributed by atoms with Gasteiger partial charge in [0.25, 0.3) is 0 Å². The summed E-state index contributed by atoms with van der Waals surface area (Å²) in [6.45, 7) is 4.08. The standard InChI is InChI=1S/C14H25NO3/c1-10(11(2)14(17)18)13(16)15(3)9-12-7-5-4-6-8-12/h10-12H,4-9H2,1-3H3,(H,17,18). The number of hydrogen-bond acceptors (Lipinski definition) is 2. The summed E-state index contributed by atoms with van der Waals surface area (Å²) >= 11 is 0. The molecule has 2 unspecified atom stereocenters. The molecule has 4 nitrogen and oxygen atoms in total. The fraction of sp³-hybridized carbons (Fsp3) is 0.857. The summed E-state index contributed by atoms with van der Waals surface area (Å²) in [4.78, 5) is 24.7. The van der Waals surface area contributed by atoms with Crippen LogP contribution in [0.4, 0.5) is 0 Å². The van der Waals surface area contributed by atoms with Crippen LogP contribution in [-0.2, 0) is 9.59 Å². The summed E-state index contributed by atoms with van der Waals surface area (Å²) in [7, 11) is 1.79. The molecule has 0 aromatic rings. The van der Waals surface area contributed by atoms with Crippen molar-refractivity contribution in [1.82, 2.24) is 4.90 Å². The van der Waals surface area contributed by atoms with E-state index in [0.717, 1.165) is 6.54 Å². The van der Waals surface area contributed by atoms with E-state index < -0.39 is 17.8 Å². The lowest BCUT2D eigenvalue weighted by molar-refractivity contribution is -0.148. The monoisotopic (exact) mass is 255 g/mol. The fourth-order valence-corrected chi connectivity index (χ4v) is 2.62. The van der Waals surface area contributed by atoms with Gasteiger partial charge in [-0.05, 0) is 18.8 Å². The molecule has 0 bridgehead atoms. The highest BCUT2D eigenvalue weighted by Gasteiger charge is 2.29. The summed E-state index contributed by atoms with van der Waals surface area (Å²) in [5.74, 6) is -1.42. The van der Waals surface area contributed by atoms with Gasteiger partial charge in [0.05, 0.1) is 5.92 Å². The van der Waals surface area contributed by atoms with Crippen molar-refractivity contribution in [3.63, 3.8) is 0 Å². The maximum absolute atomic E-state index is 12.1. The van der Waals surface area contributed by atoms with Crippen LogP contribution in [0.1, 0.15) is 46.0 Å². The number of amides is 1. The molecule has 1 N–H and O–H groups in total. The highest BCUT2D eigenvalue weighted by molar-refractivity contribution is 5.84. The molecule has 1 rings (SSSR count). The Labute approximate surface area is 109 Å². The summed E-state index contributed by atoms with van der Waals surface area (Å²) in [6, 6.07) is 0. The summed E-state index contributed by atoms with van der Waals surface area (Å²) in [6.07, 6.45) is 6.21. The molecule has 1 saturated carbocycles. The Morgan fingerprint density at radius 1 is 1.17 bits per heavy atom. The fourth-order valence-electron chi connectivity index (χ4n) is 2.62. The van der Waals surface area contributed by atoms with Gasteiger partial charge in [0.15, 0.2) is 0 Å². The van der Waals surface area contributed by atoms with Crippen molar-refractivity contribution in [3.8, 4) is 0 Å². The number of hydrogen-bond donors (Lipinski definition) is 1. The molecule has 1 fully saturated rings. The number of carbonyl (C=O) groups is 2. The third-order valence-electron chi connectivity index (χ3n) is 4.16. The third kappa shape index (κ3) is 4.00. The Morgan fingerprint density at radius 3 is 2.22 bits per heavy atom. The van der Waals surface area contributed by atoms with Crippen LogP contribution >= 0.6 is 0 Å². The van der Waals surface area contributed by atoms with Gasteiger partial charge in [-0.1, -0.05) is 33.1 Å². The van der Waals surface area contributed by atoms with Gasteiger partial charge in [0.1, 0.15) is 0 Å². The molecule has 0 aromatic heterocycles. The van der Waals surface area contributed by atoms with E-state index in [1.54, 1.807) is 25.8 Å². The number of aliphatic carboxylic acids is 1. The molecule has 1 amide bonds. The average molecular weight is 255 g/mol. The van der Waals surface area contributed by atoms with Gasteiger partial charge < -0.3 is 10.0 Å². The van der Waals surface area contributed by atoms with Crippen molar-refractivity contribution in [2.45, 2.75) is 46.0 Å². The number of carbonyl (C=O) groups excluding carboxylic acids is 1. The average Bonchev–Trinajstić information content (AvgIpc) is 2.37. The molecule has 0 radical (unpaired) electrons. The van der Waals surface area contributed by atoms with Gasteiger partial charge in [-0.3, -0.25) is 9.59 Å². The molecule has 2 atom stereocenters. The first-order chi connectivity index (χ1) is 8.43. The van der Waals surface area contributed by atoms with E-state index in [0.29, 0.717) is 5.92 Å². The van der Waals surface area contributed by atoms with Crippen LogP contribution < -0.4 is 0 Å². The van der Waals surface area contributed by atoms with Crippen molar-refractivity contribution in [1.29, 1.82) is 0 Å². The Morgan fingerprint density at radius 2 is 1.72 bits per heavy atom. The number of carboxylic acids is 1. The minimum absolute atomic E-state index is 0.0459. The third-order valence-corrected chi connectivity index (χ3v) is 4.16. The number of nitrogens with zero attached hydrogens (tertiary/aromatic N) is 1. The largest absolute Gasteiger partial charge is 0.481 e. The molecule has 0 aliphatic heterocycles. The summed E-state index contributed by atoms with van der Waals surface area (Å²) in [5, 5.41) is 8.93. The molecule has 18 heavy (non-hydrogen) atoms. The molecular weight excluding hydrogens is 230 g/mol. The Bertz CT molecular complexity index is 297. The van der Waals surface area contributed by atoms with Gasteiger partial charge in [-0.15, -0.1) is 0 Å². The Balaban J connectivity index is 2.46. The smallest absolute Gasteiger partial charge is 0.307 e. The topological polar surface area (TPSA) is 57.6 Å². The molecule has 1 aliphatic rings. The zero-order chi connectivity index (χ0) is 13.7. The lowest BCUT2D eigenvalue weighted by atomic mass is 9.88. The molecule has 104 valence electrons. The van der Waals surface area contributed by atoms with E-state index in [4.69, 9.17) is 5.11 Å². The van der Waals surface area contributed by atoms with Gasteiger partial charge in [-0.2, -0.15) is 0 Å². The lowest BCUT2D eigenvalue weighted by Gasteiger charge is -2.29. The first-order valence-corrected chi connectivity index (χ1v) is 6.91. The van der Waals surface area contributed by atoms with Crippen molar-refractivity contribution in [2.75, 3.05) is 13.6 Å². The van der Waals surface area contributed by atoms with Gasteiger partial charge >= 0.3 is 5.97 Å². The van der Waals surface area contributed by atoms with Crippen LogP contribution in [0.25, 0.3) is 0 Å². The first kappa shape index (κ1) is 15.0. The Hall–Kier alpha value is -1.06. The van der Waals surface area contributed by atoms with E-state index in [2.05, 4.69) is 0 Å². The SMILES string of the molecule is CC(C(=O)O)C(C)C(=O)N(C)CC1CCCCC1. The maximum Gasteiger partial charge on any atom is 0.307 e. The van der Waals surface area contributed by atoms with Crippen molar-refractivity contribution in [2.24, 2.45) is 17.8 Å². The number of rotatable bonds is 5. The predicted molar refractivity (Wildman–Crippen MR) is 70.2 cm³/mol. The molecule has 0 spiro atoms. The second-order valence-corrected chi connectivity index (χ2v) is 5.64. The van der Waals surface area contributed by atoms with E-state index in [1.165, 1.54) is 32.1 Å². The van der Waals surface area contributed by atoms with Gasteiger partial charge in [0.2, 0.25) is 5.91 Å². The second kappa shape index (κ2) is 6.76. The minimum Gasteiger partial charge on any atom is -0.481 e. The van der Waals surface area contributed by atoms with Crippen molar-refractivity contribution in [3.05, 3.63) is 0 Å². The quantitative estimate of drug-likeness (QED) is 0.820. The summed E-state index contributed by atoms with van der Waals surface area (Å²) in [5.41, 5.74) is 0. The maximum atomic E-state index is 12.1. The normalized spacial score (nSPS) is 20.2. The summed E-state index contributed by atoms with van der Waals surface area (Å²) < 4.78 is 0.